The number of amides is 3. The van der Waals surface area contributed by atoms with Gasteiger partial charge in [-0.1, -0.05) is 29.5 Å². The first kappa shape index (κ1) is 21.5. The van der Waals surface area contributed by atoms with Crippen LogP contribution in [0.4, 0.5) is 10.8 Å². The largest absolute Gasteiger partial charge is 0.351 e. The monoisotopic (exact) mass is 463 g/mol. The highest BCUT2D eigenvalue weighted by Gasteiger charge is 2.30. The van der Waals surface area contributed by atoms with Crippen LogP contribution in [-0.2, 0) is 9.59 Å². The van der Waals surface area contributed by atoms with E-state index in [2.05, 4.69) is 21.2 Å². The van der Waals surface area contributed by atoms with E-state index in [1.54, 1.807) is 35.6 Å². The fourth-order valence-electron chi connectivity index (χ4n) is 4.24. The van der Waals surface area contributed by atoms with E-state index in [9.17, 15) is 14.4 Å². The van der Waals surface area contributed by atoms with E-state index in [0.29, 0.717) is 17.8 Å². The van der Waals surface area contributed by atoms with Gasteiger partial charge >= 0.3 is 0 Å². The zero-order valence-corrected chi connectivity index (χ0v) is 19.0. The molecule has 0 unspecified atom stereocenters. The zero-order valence-electron chi connectivity index (χ0n) is 18.2. The molecule has 33 heavy (non-hydrogen) atoms. The zero-order chi connectivity index (χ0) is 22.8. The molecule has 9 heteroatoms. The maximum atomic E-state index is 12.6. The molecule has 3 amide bonds. The van der Waals surface area contributed by atoms with E-state index in [0.717, 1.165) is 43.4 Å². The molecule has 3 aromatic rings. The second kappa shape index (κ2) is 9.29. The number of imide groups is 1. The molecule has 0 atom stereocenters. The molecule has 3 heterocycles. The van der Waals surface area contributed by atoms with Gasteiger partial charge in [0, 0.05) is 57.7 Å². The normalized spacial score (nSPS) is 17.2. The van der Waals surface area contributed by atoms with Gasteiger partial charge in [0.25, 0.3) is 5.91 Å². The Labute approximate surface area is 195 Å². The van der Waals surface area contributed by atoms with Crippen LogP contribution in [0.15, 0.2) is 48.5 Å². The van der Waals surface area contributed by atoms with E-state index in [4.69, 9.17) is 4.98 Å². The highest BCUT2D eigenvalue weighted by molar-refractivity contribution is 7.22. The second-order valence-corrected chi connectivity index (χ2v) is 9.23. The van der Waals surface area contributed by atoms with Gasteiger partial charge in [-0.15, -0.1) is 0 Å². The van der Waals surface area contributed by atoms with Gasteiger partial charge < -0.3 is 10.2 Å². The van der Waals surface area contributed by atoms with Crippen molar-refractivity contribution in [2.24, 2.45) is 0 Å². The van der Waals surface area contributed by atoms with E-state index >= 15 is 0 Å². The van der Waals surface area contributed by atoms with Crippen LogP contribution in [-0.4, -0.2) is 66.9 Å². The third-order valence-corrected chi connectivity index (χ3v) is 7.15. The molecule has 8 nitrogen and oxygen atoms in total. The van der Waals surface area contributed by atoms with Crippen molar-refractivity contribution in [2.45, 2.75) is 12.8 Å². The van der Waals surface area contributed by atoms with Crippen molar-refractivity contribution >= 4 is 50.1 Å². The molecule has 0 saturated carbocycles. The second-order valence-electron chi connectivity index (χ2n) is 8.22. The van der Waals surface area contributed by atoms with Crippen LogP contribution in [0, 0.1) is 0 Å². The molecule has 2 aliphatic heterocycles. The molecular weight excluding hydrogens is 438 g/mol. The molecule has 0 bridgehead atoms. The van der Waals surface area contributed by atoms with E-state index < -0.39 is 0 Å². The fourth-order valence-corrected chi connectivity index (χ4v) is 5.26. The summed E-state index contributed by atoms with van der Waals surface area (Å²) in [5.74, 6) is -0.644. The summed E-state index contributed by atoms with van der Waals surface area (Å²) in [6.07, 6.45) is 0.447. The van der Waals surface area contributed by atoms with Gasteiger partial charge in [0.15, 0.2) is 5.13 Å². The lowest BCUT2D eigenvalue weighted by atomic mass is 10.1. The summed E-state index contributed by atoms with van der Waals surface area (Å²) >= 11 is 1.73. The summed E-state index contributed by atoms with van der Waals surface area (Å²) in [6.45, 7) is 4.95. The van der Waals surface area contributed by atoms with Crippen LogP contribution >= 0.6 is 11.3 Å². The number of benzene rings is 2. The highest BCUT2D eigenvalue weighted by Crippen LogP contribution is 2.29. The Morgan fingerprint density at radius 1 is 0.970 bits per heavy atom. The van der Waals surface area contributed by atoms with Gasteiger partial charge in [-0.05, 0) is 30.3 Å². The lowest BCUT2D eigenvalue weighted by Gasteiger charge is -2.34. The Kier molecular flexibility index (Phi) is 6.06. The Balaban J connectivity index is 1.10. The molecule has 0 radical (unpaired) electrons. The molecule has 0 aliphatic carbocycles. The van der Waals surface area contributed by atoms with Crippen LogP contribution in [0.2, 0.25) is 0 Å². The molecule has 1 aromatic heterocycles. The molecule has 2 aromatic carbocycles. The van der Waals surface area contributed by atoms with Crippen LogP contribution in [0.3, 0.4) is 0 Å². The Hall–Kier alpha value is -3.30. The lowest BCUT2D eigenvalue weighted by Crippen LogP contribution is -2.48. The molecule has 2 aliphatic rings. The maximum absolute atomic E-state index is 12.6. The Morgan fingerprint density at radius 2 is 1.73 bits per heavy atom. The third kappa shape index (κ3) is 4.60. The molecular formula is C24H25N5O3S. The first-order valence-electron chi connectivity index (χ1n) is 11.2. The predicted octanol–water partition coefficient (Wildman–Crippen LogP) is 2.50. The summed E-state index contributed by atoms with van der Waals surface area (Å²) in [7, 11) is 0. The number of nitrogens with one attached hydrogen (secondary N) is 1. The van der Waals surface area contributed by atoms with Gasteiger partial charge in [0.1, 0.15) is 0 Å². The third-order valence-electron chi connectivity index (χ3n) is 6.06. The first-order valence-corrected chi connectivity index (χ1v) is 12.0. The number of hydrogen-bond acceptors (Lipinski definition) is 7. The number of rotatable bonds is 6. The number of hydrogen-bond donors (Lipinski definition) is 1. The number of para-hydroxylation sites is 1. The van der Waals surface area contributed by atoms with Crippen molar-refractivity contribution in [3.05, 3.63) is 54.1 Å². The average molecular weight is 464 g/mol. The first-order chi connectivity index (χ1) is 16.1. The van der Waals surface area contributed by atoms with Crippen LogP contribution in [0.5, 0.6) is 0 Å². The summed E-state index contributed by atoms with van der Waals surface area (Å²) in [5, 5.41) is 4.02. The number of carbonyl (C=O) groups excluding carboxylic acids is 3. The van der Waals surface area contributed by atoms with Crippen LogP contribution in [0.25, 0.3) is 10.2 Å². The molecule has 0 spiro atoms. The van der Waals surface area contributed by atoms with E-state index in [1.807, 2.05) is 18.2 Å². The van der Waals surface area contributed by atoms with Gasteiger partial charge in [-0.3, -0.25) is 24.2 Å². The quantitative estimate of drug-likeness (QED) is 0.566. The SMILES string of the molecule is O=C(NCCN1CCN(c2nc3ccccc3s2)CC1)c1cccc(N2C(=O)CCC2=O)c1. The maximum Gasteiger partial charge on any atom is 0.251 e. The summed E-state index contributed by atoms with van der Waals surface area (Å²) in [5.41, 5.74) is 1.95. The van der Waals surface area contributed by atoms with Crippen molar-refractivity contribution in [1.82, 2.24) is 15.2 Å². The number of piperazine rings is 1. The number of carbonyl (C=O) groups is 3. The lowest BCUT2D eigenvalue weighted by molar-refractivity contribution is -0.121. The number of fused-ring (bicyclic) bond motifs is 1. The average Bonchev–Trinajstić information content (AvgIpc) is 3.42. The molecule has 1 N–H and O–H groups in total. The minimum atomic E-state index is -0.220. The minimum absolute atomic E-state index is 0.205. The van der Waals surface area contributed by atoms with Gasteiger partial charge in [-0.2, -0.15) is 0 Å². The van der Waals surface area contributed by atoms with Crippen molar-refractivity contribution in [1.29, 1.82) is 0 Å². The molecule has 2 fully saturated rings. The van der Waals surface area contributed by atoms with Crippen LogP contribution < -0.4 is 15.1 Å². The summed E-state index contributed by atoms with van der Waals surface area (Å²) in [4.78, 5) is 47.1. The van der Waals surface area contributed by atoms with Crippen molar-refractivity contribution < 1.29 is 14.4 Å². The predicted molar refractivity (Wildman–Crippen MR) is 129 cm³/mol. The van der Waals surface area contributed by atoms with Crippen molar-refractivity contribution in [3.63, 3.8) is 0 Å². The number of thiazole rings is 1. The van der Waals surface area contributed by atoms with E-state index in [-0.39, 0.29) is 30.6 Å². The fraction of sp³-hybridized carbons (Fsp3) is 0.333. The van der Waals surface area contributed by atoms with Gasteiger partial charge in [0.05, 0.1) is 15.9 Å². The Bertz CT molecular complexity index is 1150. The number of anilines is 2. The molecule has 2 saturated heterocycles. The number of nitrogens with zero attached hydrogens (tertiary/aromatic N) is 4. The van der Waals surface area contributed by atoms with Crippen LogP contribution in [0.1, 0.15) is 23.2 Å². The Morgan fingerprint density at radius 3 is 2.48 bits per heavy atom. The smallest absolute Gasteiger partial charge is 0.251 e. The molecule has 5 rings (SSSR count). The van der Waals surface area contributed by atoms with Crippen molar-refractivity contribution in [2.75, 3.05) is 49.1 Å². The number of aromatic nitrogens is 1. The summed E-state index contributed by atoms with van der Waals surface area (Å²) < 4.78 is 1.21. The van der Waals surface area contributed by atoms with Gasteiger partial charge in [0.2, 0.25) is 11.8 Å². The molecule has 170 valence electrons. The van der Waals surface area contributed by atoms with E-state index in [1.165, 1.54) is 9.60 Å². The topological polar surface area (TPSA) is 85.8 Å². The minimum Gasteiger partial charge on any atom is -0.351 e. The standard InChI is InChI=1S/C24H25N5O3S/c30-21-8-9-22(31)29(21)18-5-3-4-17(16-18)23(32)25-10-11-27-12-14-28(15-13-27)24-26-19-6-1-2-7-20(19)33-24/h1-7,16H,8-15H2,(H,25,32). The summed E-state index contributed by atoms with van der Waals surface area (Å²) in [6, 6.07) is 14.9. The van der Waals surface area contributed by atoms with Crippen molar-refractivity contribution in [3.8, 4) is 0 Å². The highest BCUT2D eigenvalue weighted by atomic mass is 32.1. The van der Waals surface area contributed by atoms with Gasteiger partial charge in [-0.25, -0.2) is 4.98 Å².